The lowest BCUT2D eigenvalue weighted by Crippen LogP contribution is -2.45. The SMILES string of the molecule is CCN(CC)c1ccc2[nH]c(C)c(CN3C[C@@H](C)O[C@H](C)C3)c(=O)c2c1. The maximum atomic E-state index is 13.2. The van der Waals surface area contributed by atoms with Gasteiger partial charge in [-0.2, -0.15) is 0 Å². The molecule has 0 aliphatic carbocycles. The molecule has 1 saturated heterocycles. The maximum absolute atomic E-state index is 13.2. The Morgan fingerprint density at radius 2 is 1.85 bits per heavy atom. The highest BCUT2D eigenvalue weighted by Gasteiger charge is 2.23. The fraction of sp³-hybridized carbons (Fsp3) is 0.571. The van der Waals surface area contributed by atoms with Crippen LogP contribution in [0.2, 0.25) is 0 Å². The molecule has 1 N–H and O–H groups in total. The first-order valence-corrected chi connectivity index (χ1v) is 9.71. The summed E-state index contributed by atoms with van der Waals surface area (Å²) in [7, 11) is 0. The van der Waals surface area contributed by atoms with Gasteiger partial charge in [-0.1, -0.05) is 0 Å². The van der Waals surface area contributed by atoms with Crippen molar-refractivity contribution < 1.29 is 4.74 Å². The van der Waals surface area contributed by atoms with Crippen molar-refractivity contribution in [2.75, 3.05) is 31.1 Å². The standard InChI is InChI=1S/C21H31N3O2/c1-6-24(7-2)17-8-9-20-18(10-17)21(25)19(16(5)22-20)13-23-11-14(3)26-15(4)12-23/h8-10,14-15H,6-7,11-13H2,1-5H3,(H,22,25)/t14-,15-/m1/s1. The number of anilines is 1. The summed E-state index contributed by atoms with van der Waals surface area (Å²) in [6, 6.07) is 6.16. The number of hydrogen-bond acceptors (Lipinski definition) is 4. The van der Waals surface area contributed by atoms with Gasteiger partial charge in [-0.3, -0.25) is 9.69 Å². The first kappa shape index (κ1) is 18.9. The van der Waals surface area contributed by atoms with E-state index in [2.05, 4.69) is 48.5 Å². The van der Waals surface area contributed by atoms with E-state index in [-0.39, 0.29) is 17.6 Å². The number of pyridine rings is 1. The van der Waals surface area contributed by atoms with Crippen molar-refractivity contribution in [2.45, 2.75) is 53.4 Å². The minimum absolute atomic E-state index is 0.150. The second-order valence-corrected chi connectivity index (χ2v) is 7.41. The van der Waals surface area contributed by atoms with E-state index < -0.39 is 0 Å². The number of aromatic amines is 1. The third kappa shape index (κ3) is 3.79. The zero-order valence-electron chi connectivity index (χ0n) is 16.6. The molecular weight excluding hydrogens is 326 g/mol. The molecule has 1 aliphatic heterocycles. The molecule has 26 heavy (non-hydrogen) atoms. The molecule has 0 amide bonds. The van der Waals surface area contributed by atoms with Crippen LogP contribution >= 0.6 is 0 Å². The fourth-order valence-corrected chi connectivity index (χ4v) is 4.05. The van der Waals surface area contributed by atoms with E-state index >= 15 is 0 Å². The lowest BCUT2D eigenvalue weighted by Gasteiger charge is -2.35. The average Bonchev–Trinajstić information content (AvgIpc) is 2.59. The van der Waals surface area contributed by atoms with Crippen LogP contribution in [0.5, 0.6) is 0 Å². The Morgan fingerprint density at radius 1 is 1.19 bits per heavy atom. The van der Waals surface area contributed by atoms with Gasteiger partial charge in [-0.05, 0) is 52.8 Å². The van der Waals surface area contributed by atoms with Crippen molar-refractivity contribution in [3.63, 3.8) is 0 Å². The van der Waals surface area contributed by atoms with Gasteiger partial charge in [0, 0.05) is 60.6 Å². The van der Waals surface area contributed by atoms with E-state index in [0.717, 1.165) is 54.0 Å². The van der Waals surface area contributed by atoms with E-state index in [1.807, 2.05) is 19.1 Å². The van der Waals surface area contributed by atoms with Crippen molar-refractivity contribution >= 4 is 16.6 Å². The second kappa shape index (κ2) is 7.80. The largest absolute Gasteiger partial charge is 0.373 e. The van der Waals surface area contributed by atoms with E-state index in [0.29, 0.717) is 6.54 Å². The third-order valence-electron chi connectivity index (χ3n) is 5.30. The molecule has 5 heteroatoms. The summed E-state index contributed by atoms with van der Waals surface area (Å²) in [6.45, 7) is 14.7. The highest BCUT2D eigenvalue weighted by molar-refractivity contribution is 5.83. The van der Waals surface area contributed by atoms with Crippen LogP contribution in [0.1, 0.15) is 39.0 Å². The molecule has 2 heterocycles. The molecular formula is C21H31N3O2. The van der Waals surface area contributed by atoms with E-state index in [1.54, 1.807) is 0 Å². The number of benzene rings is 1. The third-order valence-corrected chi connectivity index (χ3v) is 5.30. The van der Waals surface area contributed by atoms with Crippen LogP contribution in [0.4, 0.5) is 5.69 Å². The topological polar surface area (TPSA) is 48.6 Å². The monoisotopic (exact) mass is 357 g/mol. The molecule has 2 aromatic rings. The molecule has 0 saturated carbocycles. The smallest absolute Gasteiger partial charge is 0.194 e. The Hall–Kier alpha value is -1.85. The number of rotatable bonds is 5. The molecule has 142 valence electrons. The van der Waals surface area contributed by atoms with Gasteiger partial charge >= 0.3 is 0 Å². The van der Waals surface area contributed by atoms with E-state index in [4.69, 9.17) is 4.74 Å². The molecule has 0 unspecified atom stereocenters. The number of hydrogen-bond donors (Lipinski definition) is 1. The lowest BCUT2D eigenvalue weighted by atomic mass is 10.1. The number of morpholine rings is 1. The lowest BCUT2D eigenvalue weighted by molar-refractivity contribution is -0.0706. The minimum Gasteiger partial charge on any atom is -0.373 e. The van der Waals surface area contributed by atoms with Crippen LogP contribution in [0.15, 0.2) is 23.0 Å². The summed E-state index contributed by atoms with van der Waals surface area (Å²) in [6.07, 6.45) is 0.403. The summed E-state index contributed by atoms with van der Waals surface area (Å²) < 4.78 is 5.82. The van der Waals surface area contributed by atoms with Gasteiger partial charge in [0.25, 0.3) is 0 Å². The Bertz CT molecular complexity index is 816. The van der Waals surface area contributed by atoms with Gasteiger partial charge in [0.2, 0.25) is 0 Å². The highest BCUT2D eigenvalue weighted by Crippen LogP contribution is 2.21. The molecule has 3 rings (SSSR count). The van der Waals surface area contributed by atoms with Crippen molar-refractivity contribution in [2.24, 2.45) is 0 Å². The van der Waals surface area contributed by atoms with Crippen LogP contribution in [-0.4, -0.2) is 48.3 Å². The number of nitrogens with one attached hydrogen (secondary N) is 1. The molecule has 1 aromatic carbocycles. The maximum Gasteiger partial charge on any atom is 0.194 e. The summed E-state index contributed by atoms with van der Waals surface area (Å²) in [4.78, 5) is 21.3. The van der Waals surface area contributed by atoms with Gasteiger partial charge in [-0.25, -0.2) is 0 Å². The van der Waals surface area contributed by atoms with Crippen molar-refractivity contribution in [1.29, 1.82) is 0 Å². The predicted molar refractivity (Wildman–Crippen MR) is 108 cm³/mol. The molecule has 1 fully saturated rings. The van der Waals surface area contributed by atoms with Crippen LogP contribution in [0, 0.1) is 6.92 Å². The Labute approximate surface area is 156 Å². The van der Waals surface area contributed by atoms with Gasteiger partial charge in [0.1, 0.15) is 0 Å². The molecule has 2 atom stereocenters. The van der Waals surface area contributed by atoms with Crippen molar-refractivity contribution in [3.05, 3.63) is 39.7 Å². The van der Waals surface area contributed by atoms with Crippen LogP contribution in [0.3, 0.4) is 0 Å². The summed E-state index contributed by atoms with van der Waals surface area (Å²) in [5, 5.41) is 0.782. The molecule has 1 aliphatic rings. The molecule has 0 bridgehead atoms. The zero-order chi connectivity index (χ0) is 18.8. The van der Waals surface area contributed by atoms with E-state index in [9.17, 15) is 4.79 Å². The predicted octanol–water partition coefficient (Wildman–Crippen LogP) is 3.29. The quantitative estimate of drug-likeness (QED) is 0.892. The number of ether oxygens (including phenoxy) is 1. The first-order chi connectivity index (χ1) is 12.4. The minimum atomic E-state index is 0.150. The Morgan fingerprint density at radius 3 is 2.46 bits per heavy atom. The zero-order valence-corrected chi connectivity index (χ0v) is 16.6. The van der Waals surface area contributed by atoms with E-state index in [1.165, 1.54) is 0 Å². The molecule has 5 nitrogen and oxygen atoms in total. The van der Waals surface area contributed by atoms with Gasteiger partial charge in [0.15, 0.2) is 5.43 Å². The molecule has 1 aromatic heterocycles. The normalized spacial score (nSPS) is 21.3. The fourth-order valence-electron chi connectivity index (χ4n) is 4.05. The molecule has 0 radical (unpaired) electrons. The first-order valence-electron chi connectivity index (χ1n) is 9.71. The number of nitrogens with zero attached hydrogens (tertiary/aromatic N) is 2. The van der Waals surface area contributed by atoms with Gasteiger partial charge in [-0.15, -0.1) is 0 Å². The van der Waals surface area contributed by atoms with Gasteiger partial charge in [0.05, 0.1) is 12.2 Å². The highest BCUT2D eigenvalue weighted by atomic mass is 16.5. The van der Waals surface area contributed by atoms with Gasteiger partial charge < -0.3 is 14.6 Å². The summed E-state index contributed by atoms with van der Waals surface area (Å²) >= 11 is 0. The summed E-state index contributed by atoms with van der Waals surface area (Å²) in [5.41, 5.74) is 4.00. The number of aryl methyl sites for hydroxylation is 1. The van der Waals surface area contributed by atoms with Crippen molar-refractivity contribution in [1.82, 2.24) is 9.88 Å². The van der Waals surface area contributed by atoms with Crippen LogP contribution in [-0.2, 0) is 11.3 Å². The van der Waals surface area contributed by atoms with Crippen molar-refractivity contribution in [3.8, 4) is 0 Å². The summed E-state index contributed by atoms with van der Waals surface area (Å²) in [5.74, 6) is 0. The van der Waals surface area contributed by atoms with Crippen LogP contribution in [0.25, 0.3) is 10.9 Å². The number of aromatic nitrogens is 1. The number of H-pyrrole nitrogens is 1. The Kier molecular flexibility index (Phi) is 5.68. The molecule has 0 spiro atoms. The average molecular weight is 357 g/mol. The number of fused-ring (bicyclic) bond motifs is 1. The Balaban J connectivity index is 1.98. The van der Waals surface area contributed by atoms with Crippen LogP contribution < -0.4 is 10.3 Å². The second-order valence-electron chi connectivity index (χ2n) is 7.41.